The Morgan fingerprint density at radius 3 is 2.87 bits per heavy atom. The van der Waals surface area contributed by atoms with Crippen molar-refractivity contribution in [1.82, 2.24) is 14.8 Å². The van der Waals surface area contributed by atoms with Gasteiger partial charge < -0.3 is 15.8 Å². The van der Waals surface area contributed by atoms with Gasteiger partial charge in [0, 0.05) is 6.54 Å². The zero-order chi connectivity index (χ0) is 22.4. The summed E-state index contributed by atoms with van der Waals surface area (Å²) >= 11 is 2.40. The van der Waals surface area contributed by atoms with Crippen LogP contribution >= 0.6 is 23.1 Å². The molecule has 0 aliphatic rings. The molecule has 31 heavy (non-hydrogen) atoms. The molecule has 2 amide bonds. The number of amides is 2. The second-order valence-corrected chi connectivity index (χ2v) is 8.52. The molecule has 1 unspecified atom stereocenters. The first-order valence-corrected chi connectivity index (χ1v) is 10.9. The number of allylic oxidation sites excluding steroid dienone is 1. The SMILES string of the molecule is C=CCn1c(COc2ccccc2F)nnc1SC(C)C(=O)Nc1sccc1C(N)=O. The van der Waals surface area contributed by atoms with Crippen molar-refractivity contribution in [2.45, 2.75) is 30.5 Å². The van der Waals surface area contributed by atoms with Crippen LogP contribution in [0, 0.1) is 5.82 Å². The fourth-order valence-corrected chi connectivity index (χ4v) is 4.23. The Hall–Kier alpha value is -3.18. The summed E-state index contributed by atoms with van der Waals surface area (Å²) < 4.78 is 21.0. The second kappa shape index (κ2) is 10.2. The number of benzene rings is 1. The molecule has 0 bridgehead atoms. The molecule has 0 fully saturated rings. The van der Waals surface area contributed by atoms with Gasteiger partial charge in [-0.05, 0) is 30.5 Å². The highest BCUT2D eigenvalue weighted by Crippen LogP contribution is 2.27. The van der Waals surface area contributed by atoms with Crippen molar-refractivity contribution in [2.75, 3.05) is 5.32 Å². The van der Waals surface area contributed by atoms with E-state index >= 15 is 0 Å². The summed E-state index contributed by atoms with van der Waals surface area (Å²) in [5.41, 5.74) is 5.58. The van der Waals surface area contributed by atoms with Gasteiger partial charge in [-0.2, -0.15) is 0 Å². The molecule has 162 valence electrons. The van der Waals surface area contributed by atoms with Crippen LogP contribution < -0.4 is 15.8 Å². The van der Waals surface area contributed by atoms with Gasteiger partial charge >= 0.3 is 0 Å². The lowest BCUT2D eigenvalue weighted by atomic mass is 10.3. The number of thiophene rings is 1. The van der Waals surface area contributed by atoms with E-state index in [0.717, 1.165) is 0 Å². The van der Waals surface area contributed by atoms with Crippen LogP contribution in [0.25, 0.3) is 0 Å². The standard InChI is InChI=1S/C20H20FN5O3S2/c1-3-9-26-16(11-29-15-7-5-4-6-14(15)21)24-25-20(26)31-12(2)18(28)23-19-13(17(22)27)8-10-30-19/h3-8,10,12H,1,9,11H2,2H3,(H2,22,27)(H,23,28). The topological polar surface area (TPSA) is 112 Å². The zero-order valence-electron chi connectivity index (χ0n) is 16.6. The number of nitrogens with zero attached hydrogens (tertiary/aromatic N) is 3. The van der Waals surface area contributed by atoms with E-state index in [-0.39, 0.29) is 23.8 Å². The molecular weight excluding hydrogens is 441 g/mol. The predicted octanol–water partition coefficient (Wildman–Crippen LogP) is 3.46. The maximum Gasteiger partial charge on any atom is 0.251 e. The number of primary amides is 1. The summed E-state index contributed by atoms with van der Waals surface area (Å²) in [6.45, 7) is 5.83. The van der Waals surface area contributed by atoms with Crippen LogP contribution in [-0.4, -0.2) is 31.8 Å². The van der Waals surface area contributed by atoms with Gasteiger partial charge in [-0.1, -0.05) is 30.0 Å². The minimum Gasteiger partial charge on any atom is -0.483 e. The van der Waals surface area contributed by atoms with Gasteiger partial charge in [-0.15, -0.1) is 28.1 Å². The first kappa shape index (κ1) is 22.5. The minimum absolute atomic E-state index is 0.0000770. The van der Waals surface area contributed by atoms with Crippen LogP contribution in [0.5, 0.6) is 5.75 Å². The first-order chi connectivity index (χ1) is 14.9. The van der Waals surface area contributed by atoms with Gasteiger partial charge in [-0.25, -0.2) is 4.39 Å². The van der Waals surface area contributed by atoms with E-state index in [0.29, 0.717) is 22.5 Å². The molecule has 0 saturated carbocycles. The normalized spacial score (nSPS) is 11.7. The molecule has 1 atom stereocenters. The maximum absolute atomic E-state index is 13.8. The number of aromatic nitrogens is 3. The summed E-state index contributed by atoms with van der Waals surface area (Å²) in [5, 5.41) is 13.0. The smallest absolute Gasteiger partial charge is 0.251 e. The molecule has 0 saturated heterocycles. The molecule has 8 nitrogen and oxygen atoms in total. The highest BCUT2D eigenvalue weighted by Gasteiger charge is 2.22. The van der Waals surface area contributed by atoms with Crippen molar-refractivity contribution in [3.8, 4) is 5.75 Å². The van der Waals surface area contributed by atoms with Gasteiger partial charge in [0.1, 0.15) is 11.6 Å². The average molecular weight is 462 g/mol. The Morgan fingerprint density at radius 2 is 2.16 bits per heavy atom. The van der Waals surface area contributed by atoms with E-state index in [9.17, 15) is 14.0 Å². The molecule has 2 heterocycles. The number of halogens is 1. The highest BCUT2D eigenvalue weighted by atomic mass is 32.2. The summed E-state index contributed by atoms with van der Waals surface area (Å²) in [7, 11) is 0. The van der Waals surface area contributed by atoms with Crippen molar-refractivity contribution in [2.24, 2.45) is 5.73 Å². The first-order valence-electron chi connectivity index (χ1n) is 9.15. The van der Waals surface area contributed by atoms with E-state index in [1.54, 1.807) is 41.1 Å². The summed E-state index contributed by atoms with van der Waals surface area (Å²) in [4.78, 5) is 24.0. The number of ether oxygens (including phenoxy) is 1. The van der Waals surface area contributed by atoms with Crippen molar-refractivity contribution >= 4 is 39.9 Å². The molecular formula is C20H20FN5O3S2. The quantitative estimate of drug-likeness (QED) is 0.353. The molecule has 0 aliphatic heterocycles. The maximum atomic E-state index is 13.8. The Kier molecular flexibility index (Phi) is 7.42. The zero-order valence-corrected chi connectivity index (χ0v) is 18.2. The molecule has 3 rings (SSSR count). The number of carbonyl (C=O) groups is 2. The molecule has 2 aromatic heterocycles. The lowest BCUT2D eigenvalue weighted by Gasteiger charge is -2.13. The Morgan fingerprint density at radius 1 is 1.39 bits per heavy atom. The van der Waals surface area contributed by atoms with Crippen LogP contribution in [0.3, 0.4) is 0 Å². The van der Waals surface area contributed by atoms with Crippen LogP contribution in [-0.2, 0) is 17.9 Å². The predicted molar refractivity (Wildman–Crippen MR) is 118 cm³/mol. The Balaban J connectivity index is 1.69. The molecule has 3 aromatic rings. The van der Waals surface area contributed by atoms with Gasteiger partial charge in [0.25, 0.3) is 5.91 Å². The number of nitrogens with two attached hydrogens (primary N) is 1. The van der Waals surface area contributed by atoms with Crippen LogP contribution in [0.1, 0.15) is 23.1 Å². The van der Waals surface area contributed by atoms with Gasteiger partial charge in [0.2, 0.25) is 5.91 Å². The van der Waals surface area contributed by atoms with E-state index in [1.165, 1.54) is 35.2 Å². The molecule has 11 heteroatoms. The summed E-state index contributed by atoms with van der Waals surface area (Å²) in [6.07, 6.45) is 1.66. The van der Waals surface area contributed by atoms with Crippen LogP contribution in [0.15, 0.2) is 53.5 Å². The number of anilines is 1. The number of thioether (sulfide) groups is 1. The van der Waals surface area contributed by atoms with Crippen molar-refractivity contribution in [1.29, 1.82) is 0 Å². The number of hydrogen-bond donors (Lipinski definition) is 2. The lowest BCUT2D eigenvalue weighted by Crippen LogP contribution is -2.24. The van der Waals surface area contributed by atoms with Gasteiger partial charge in [0.05, 0.1) is 10.8 Å². The van der Waals surface area contributed by atoms with E-state index in [1.807, 2.05) is 0 Å². The largest absolute Gasteiger partial charge is 0.483 e. The van der Waals surface area contributed by atoms with Gasteiger partial charge in [0.15, 0.2) is 22.5 Å². The van der Waals surface area contributed by atoms with Gasteiger partial charge in [-0.3, -0.25) is 14.2 Å². The number of carbonyl (C=O) groups excluding carboxylic acids is 2. The van der Waals surface area contributed by atoms with Crippen molar-refractivity contribution < 1.29 is 18.7 Å². The number of hydrogen-bond acceptors (Lipinski definition) is 7. The van der Waals surface area contributed by atoms with E-state index in [4.69, 9.17) is 10.5 Å². The third-order valence-corrected chi connectivity index (χ3v) is 6.03. The summed E-state index contributed by atoms with van der Waals surface area (Å²) in [6, 6.07) is 7.64. The lowest BCUT2D eigenvalue weighted by molar-refractivity contribution is -0.115. The fourth-order valence-electron chi connectivity index (χ4n) is 2.55. The van der Waals surface area contributed by atoms with E-state index in [2.05, 4.69) is 22.1 Å². The Bertz CT molecular complexity index is 1100. The molecule has 0 aliphatic carbocycles. The average Bonchev–Trinajstić information content (AvgIpc) is 3.35. The van der Waals surface area contributed by atoms with E-state index < -0.39 is 17.0 Å². The third kappa shape index (κ3) is 5.50. The number of rotatable bonds is 10. The highest BCUT2D eigenvalue weighted by molar-refractivity contribution is 8.00. The molecule has 3 N–H and O–H groups in total. The summed E-state index contributed by atoms with van der Waals surface area (Å²) in [5.74, 6) is -0.818. The van der Waals surface area contributed by atoms with Crippen molar-refractivity contribution in [3.05, 3.63) is 65.6 Å². The van der Waals surface area contributed by atoms with Crippen LogP contribution in [0.4, 0.5) is 9.39 Å². The monoisotopic (exact) mass is 461 g/mol. The molecule has 0 radical (unpaired) electrons. The molecule has 1 aromatic carbocycles. The Labute approximate surface area is 186 Å². The van der Waals surface area contributed by atoms with Crippen molar-refractivity contribution in [3.63, 3.8) is 0 Å². The third-order valence-electron chi connectivity index (χ3n) is 4.12. The fraction of sp³-hybridized carbons (Fsp3) is 0.200. The number of nitrogens with one attached hydrogen (secondary N) is 1. The number of para-hydroxylation sites is 1. The van der Waals surface area contributed by atoms with Crippen LogP contribution in [0.2, 0.25) is 0 Å². The second-order valence-electron chi connectivity index (χ2n) is 6.29. The molecule has 0 spiro atoms. The minimum atomic E-state index is -0.609.